The molecule has 0 aliphatic heterocycles. The molecule has 442 valence electrons. The Balaban J connectivity index is 4.06. The molecule has 0 N–H and O–H groups in total. The fourth-order valence-electron chi connectivity index (χ4n) is 9.68. The fraction of sp³-hybridized carbons (Fsp3) is 0.814. The van der Waals surface area contributed by atoms with Gasteiger partial charge in [-0.25, -0.2) is 0 Å². The molecule has 0 aromatic carbocycles. The number of hydrogen-bond acceptors (Lipinski definition) is 6. The second-order valence-electron chi connectivity index (χ2n) is 22.4. The summed E-state index contributed by atoms with van der Waals surface area (Å²) in [5.41, 5.74) is 0. The van der Waals surface area contributed by atoms with E-state index in [4.69, 9.17) is 14.2 Å². The lowest BCUT2D eigenvalue weighted by atomic mass is 10.0. The van der Waals surface area contributed by atoms with Crippen LogP contribution in [0.15, 0.2) is 60.8 Å². The van der Waals surface area contributed by atoms with Crippen LogP contribution in [0.25, 0.3) is 0 Å². The normalized spacial score (nSPS) is 12.4. The average molecular weight is 1060 g/mol. The number of carbonyl (C=O) groups excluding carboxylic acids is 3. The molecule has 0 aromatic rings. The maximum Gasteiger partial charge on any atom is 0.306 e. The van der Waals surface area contributed by atoms with E-state index in [0.29, 0.717) is 19.3 Å². The van der Waals surface area contributed by atoms with Crippen molar-refractivity contribution < 1.29 is 28.6 Å². The Bertz CT molecular complexity index is 1360. The van der Waals surface area contributed by atoms with Crippen molar-refractivity contribution in [1.29, 1.82) is 0 Å². The van der Waals surface area contributed by atoms with Gasteiger partial charge in [0.25, 0.3) is 0 Å². The monoisotopic (exact) mass is 1060 g/mol. The van der Waals surface area contributed by atoms with Crippen molar-refractivity contribution in [3.05, 3.63) is 60.8 Å². The van der Waals surface area contributed by atoms with Gasteiger partial charge in [-0.3, -0.25) is 14.4 Å². The van der Waals surface area contributed by atoms with Crippen molar-refractivity contribution in [3.8, 4) is 0 Å². The van der Waals surface area contributed by atoms with Crippen molar-refractivity contribution in [2.45, 2.75) is 354 Å². The summed E-state index contributed by atoms with van der Waals surface area (Å²) >= 11 is 0. The molecule has 0 amide bonds. The second kappa shape index (κ2) is 64.6. The third-order valence-corrected chi connectivity index (χ3v) is 14.7. The molecule has 76 heavy (non-hydrogen) atoms. The van der Waals surface area contributed by atoms with Crippen LogP contribution < -0.4 is 0 Å². The van der Waals surface area contributed by atoms with E-state index in [9.17, 15) is 14.4 Å². The third-order valence-electron chi connectivity index (χ3n) is 14.7. The van der Waals surface area contributed by atoms with Gasteiger partial charge in [-0.15, -0.1) is 0 Å². The van der Waals surface area contributed by atoms with Crippen LogP contribution in [0.2, 0.25) is 0 Å². The van der Waals surface area contributed by atoms with Crippen LogP contribution >= 0.6 is 0 Å². The molecule has 0 aliphatic rings. The molecule has 0 fully saturated rings. The molecule has 0 radical (unpaired) electrons. The van der Waals surface area contributed by atoms with Gasteiger partial charge in [-0.1, -0.05) is 287 Å². The van der Waals surface area contributed by atoms with Gasteiger partial charge in [0, 0.05) is 19.3 Å². The lowest BCUT2D eigenvalue weighted by Crippen LogP contribution is -2.30. The molecule has 0 saturated carbocycles. The summed E-state index contributed by atoms with van der Waals surface area (Å²) in [5.74, 6) is -0.888. The highest BCUT2D eigenvalue weighted by Gasteiger charge is 2.19. The van der Waals surface area contributed by atoms with E-state index < -0.39 is 6.10 Å². The first-order valence-electron chi connectivity index (χ1n) is 33.3. The molecule has 0 aromatic heterocycles. The van der Waals surface area contributed by atoms with Crippen LogP contribution in [0.4, 0.5) is 0 Å². The van der Waals surface area contributed by atoms with Crippen LogP contribution in [-0.2, 0) is 28.6 Å². The summed E-state index contributed by atoms with van der Waals surface area (Å²) in [4.78, 5) is 38.2. The predicted molar refractivity (Wildman–Crippen MR) is 330 cm³/mol. The van der Waals surface area contributed by atoms with Crippen LogP contribution in [0.5, 0.6) is 0 Å². The number of unbranched alkanes of at least 4 members (excludes halogenated alkanes) is 40. The minimum atomic E-state index is -0.783. The van der Waals surface area contributed by atoms with Gasteiger partial charge in [0.15, 0.2) is 6.10 Å². The Hall–Kier alpha value is -2.89. The number of carbonyl (C=O) groups is 3. The standard InChI is InChI=1S/C70H126O6/c1-4-7-10-13-16-19-22-25-26-27-28-29-30-31-32-33-34-35-36-37-38-39-40-41-42-43-44-46-48-51-54-57-60-63-69(72)75-66-67(65-74-68(71)62-59-56-53-50-47-24-21-18-15-12-9-6-3)76-70(73)64-61-58-55-52-49-45-23-20-17-14-11-8-5-2/h11,14,18,20-23,25,27-28,67H,4-10,12-13,15-17,19,24,26,29-66H2,1-3H3/b14-11-,21-18-,23-20-,25-22-,28-27-. The first kappa shape index (κ1) is 73.1. The topological polar surface area (TPSA) is 78.9 Å². The highest BCUT2D eigenvalue weighted by atomic mass is 16.6. The SMILES string of the molecule is CCC/C=C\C/C=C\CCCCCCCC(=O)OC(COC(=O)CCCCCCC/C=C\CCCCC)COC(=O)CCCCCCCCCCCCCCCCCCCCCCC/C=C\C/C=C\CCCCCCC. The number of rotatable bonds is 61. The summed E-state index contributed by atoms with van der Waals surface area (Å²) in [6, 6.07) is 0. The Kier molecular flexibility index (Phi) is 62.2. The van der Waals surface area contributed by atoms with Crippen molar-refractivity contribution >= 4 is 17.9 Å². The lowest BCUT2D eigenvalue weighted by Gasteiger charge is -2.18. The van der Waals surface area contributed by atoms with E-state index in [-0.39, 0.29) is 31.1 Å². The minimum Gasteiger partial charge on any atom is -0.462 e. The molecular formula is C70H126O6. The van der Waals surface area contributed by atoms with Crippen molar-refractivity contribution in [2.75, 3.05) is 13.2 Å². The average Bonchev–Trinajstić information content (AvgIpc) is 3.42. The second-order valence-corrected chi connectivity index (χ2v) is 22.4. The van der Waals surface area contributed by atoms with Gasteiger partial charge in [0.2, 0.25) is 0 Å². The smallest absolute Gasteiger partial charge is 0.306 e. The Morgan fingerprint density at radius 2 is 0.500 bits per heavy atom. The Labute approximate surface area is 472 Å². The molecule has 0 rings (SSSR count). The van der Waals surface area contributed by atoms with E-state index in [1.807, 2.05) is 0 Å². The molecular weight excluding hydrogens is 937 g/mol. The van der Waals surface area contributed by atoms with Gasteiger partial charge in [-0.05, 0) is 103 Å². The molecule has 1 atom stereocenters. The van der Waals surface area contributed by atoms with Crippen molar-refractivity contribution in [2.24, 2.45) is 0 Å². The maximum absolute atomic E-state index is 12.8. The zero-order valence-electron chi connectivity index (χ0n) is 50.8. The largest absolute Gasteiger partial charge is 0.462 e. The van der Waals surface area contributed by atoms with Crippen LogP contribution in [0, 0.1) is 0 Å². The van der Waals surface area contributed by atoms with Gasteiger partial charge in [0.05, 0.1) is 0 Å². The highest BCUT2D eigenvalue weighted by molar-refractivity contribution is 5.71. The van der Waals surface area contributed by atoms with Gasteiger partial charge >= 0.3 is 17.9 Å². The molecule has 6 nitrogen and oxygen atoms in total. The first-order chi connectivity index (χ1) is 37.5. The summed E-state index contributed by atoms with van der Waals surface area (Å²) in [7, 11) is 0. The van der Waals surface area contributed by atoms with E-state index in [1.54, 1.807) is 0 Å². The maximum atomic E-state index is 12.8. The van der Waals surface area contributed by atoms with Gasteiger partial charge < -0.3 is 14.2 Å². The van der Waals surface area contributed by atoms with Crippen LogP contribution in [-0.4, -0.2) is 37.2 Å². The number of allylic oxidation sites excluding steroid dienone is 10. The summed E-state index contributed by atoms with van der Waals surface area (Å²) in [5, 5.41) is 0. The van der Waals surface area contributed by atoms with Gasteiger partial charge in [0.1, 0.15) is 13.2 Å². The Morgan fingerprint density at radius 1 is 0.263 bits per heavy atom. The fourth-order valence-corrected chi connectivity index (χ4v) is 9.68. The Morgan fingerprint density at radius 3 is 0.816 bits per heavy atom. The zero-order chi connectivity index (χ0) is 55.0. The molecule has 0 saturated heterocycles. The number of esters is 3. The number of ether oxygens (including phenoxy) is 3. The molecule has 0 aliphatic carbocycles. The number of hydrogen-bond donors (Lipinski definition) is 0. The third kappa shape index (κ3) is 62.0. The van der Waals surface area contributed by atoms with Crippen LogP contribution in [0.1, 0.15) is 348 Å². The molecule has 0 spiro atoms. The zero-order valence-corrected chi connectivity index (χ0v) is 50.8. The summed E-state index contributed by atoms with van der Waals surface area (Å²) < 4.78 is 16.9. The van der Waals surface area contributed by atoms with Crippen LogP contribution in [0.3, 0.4) is 0 Å². The van der Waals surface area contributed by atoms with Crippen molar-refractivity contribution in [1.82, 2.24) is 0 Å². The predicted octanol–water partition coefficient (Wildman–Crippen LogP) is 22.7. The van der Waals surface area contributed by atoms with Crippen molar-refractivity contribution in [3.63, 3.8) is 0 Å². The van der Waals surface area contributed by atoms with E-state index in [1.165, 1.54) is 205 Å². The highest BCUT2D eigenvalue weighted by Crippen LogP contribution is 2.17. The minimum absolute atomic E-state index is 0.0793. The lowest BCUT2D eigenvalue weighted by molar-refractivity contribution is -0.167. The van der Waals surface area contributed by atoms with E-state index in [0.717, 1.165) is 103 Å². The van der Waals surface area contributed by atoms with E-state index in [2.05, 4.69) is 81.5 Å². The van der Waals surface area contributed by atoms with Gasteiger partial charge in [-0.2, -0.15) is 0 Å². The first-order valence-corrected chi connectivity index (χ1v) is 33.3. The summed E-state index contributed by atoms with van der Waals surface area (Å²) in [6.45, 7) is 6.56. The molecule has 0 heterocycles. The molecule has 1 unspecified atom stereocenters. The van der Waals surface area contributed by atoms with E-state index >= 15 is 0 Å². The summed E-state index contributed by atoms with van der Waals surface area (Å²) in [6.07, 6.45) is 82.6. The molecule has 0 bridgehead atoms. The quantitative estimate of drug-likeness (QED) is 0.0261. The molecule has 6 heteroatoms.